The Morgan fingerprint density at radius 3 is 2.63 bits per heavy atom. The number of esters is 1. The van der Waals surface area contributed by atoms with Gasteiger partial charge in [-0.25, -0.2) is 4.79 Å². The zero-order valence-electron chi connectivity index (χ0n) is 11.0. The Morgan fingerprint density at radius 1 is 1.47 bits per heavy atom. The zero-order chi connectivity index (χ0) is 14.4. The van der Waals surface area contributed by atoms with Crippen molar-refractivity contribution in [2.75, 3.05) is 13.7 Å². The van der Waals surface area contributed by atoms with Crippen molar-refractivity contribution in [2.24, 2.45) is 5.92 Å². The van der Waals surface area contributed by atoms with Gasteiger partial charge in [0.2, 0.25) is 5.91 Å². The third-order valence-corrected chi connectivity index (χ3v) is 3.19. The molecule has 2 unspecified atom stereocenters. The van der Waals surface area contributed by atoms with E-state index in [1.807, 2.05) is 0 Å². The number of carboxylic acids is 1. The first kappa shape index (κ1) is 15.4. The summed E-state index contributed by atoms with van der Waals surface area (Å²) in [5.74, 6) is -2.34. The van der Waals surface area contributed by atoms with Gasteiger partial charge in [0.15, 0.2) is 0 Å². The molecular weight excluding hydrogens is 254 g/mol. The quantitative estimate of drug-likeness (QED) is 0.657. The van der Waals surface area contributed by atoms with Gasteiger partial charge in [-0.3, -0.25) is 9.59 Å². The standard InChI is InChI=1S/C12H19NO6/c1-7-8(5-6-19-7)11(15)13-9(12(16)17)3-4-10(14)18-2/h7-9H,3-6H2,1-2H3,(H,13,15)(H,16,17)/t7?,8?,9-/m0/s1. The number of hydrogen-bond donors (Lipinski definition) is 2. The molecule has 1 rings (SSSR count). The molecule has 1 fully saturated rings. The molecule has 0 spiro atoms. The Balaban J connectivity index is 2.51. The van der Waals surface area contributed by atoms with Crippen LogP contribution in [-0.4, -0.2) is 48.8 Å². The topological polar surface area (TPSA) is 102 Å². The van der Waals surface area contributed by atoms with Crippen LogP contribution in [0.1, 0.15) is 26.2 Å². The fourth-order valence-electron chi connectivity index (χ4n) is 1.98. The van der Waals surface area contributed by atoms with Crippen molar-refractivity contribution in [1.29, 1.82) is 0 Å². The van der Waals surface area contributed by atoms with E-state index in [1.54, 1.807) is 6.92 Å². The molecule has 0 aromatic heterocycles. The van der Waals surface area contributed by atoms with Gasteiger partial charge < -0.3 is 19.9 Å². The lowest BCUT2D eigenvalue weighted by Crippen LogP contribution is -2.45. The first-order valence-corrected chi connectivity index (χ1v) is 6.17. The summed E-state index contributed by atoms with van der Waals surface area (Å²) in [6, 6.07) is -1.08. The summed E-state index contributed by atoms with van der Waals surface area (Å²) in [4.78, 5) is 33.9. The maximum atomic E-state index is 11.9. The lowest BCUT2D eigenvalue weighted by Gasteiger charge is -2.18. The van der Waals surface area contributed by atoms with E-state index >= 15 is 0 Å². The lowest BCUT2D eigenvalue weighted by atomic mass is 10.0. The van der Waals surface area contributed by atoms with Crippen molar-refractivity contribution in [3.8, 4) is 0 Å². The second kappa shape index (κ2) is 7.08. The van der Waals surface area contributed by atoms with Gasteiger partial charge in [0.1, 0.15) is 6.04 Å². The maximum absolute atomic E-state index is 11.9. The third kappa shape index (κ3) is 4.51. The van der Waals surface area contributed by atoms with Crippen LogP contribution in [0.3, 0.4) is 0 Å². The molecule has 1 heterocycles. The molecule has 0 aromatic carbocycles. The highest BCUT2D eigenvalue weighted by molar-refractivity contribution is 5.85. The second-order valence-electron chi connectivity index (χ2n) is 4.49. The molecule has 1 saturated heterocycles. The minimum absolute atomic E-state index is 0.00963. The summed E-state index contributed by atoms with van der Waals surface area (Å²) in [6.45, 7) is 2.28. The number of carbonyl (C=O) groups is 3. The normalized spacial score (nSPS) is 23.7. The molecule has 0 aromatic rings. The SMILES string of the molecule is COC(=O)CC[C@H](NC(=O)C1CCOC1C)C(=O)O. The van der Waals surface area contributed by atoms with E-state index < -0.39 is 18.0 Å². The van der Waals surface area contributed by atoms with Crippen molar-refractivity contribution in [2.45, 2.75) is 38.3 Å². The molecule has 3 atom stereocenters. The molecule has 0 bridgehead atoms. The van der Waals surface area contributed by atoms with Crippen molar-refractivity contribution < 1.29 is 29.0 Å². The monoisotopic (exact) mass is 273 g/mol. The van der Waals surface area contributed by atoms with Gasteiger partial charge in [-0.05, 0) is 19.8 Å². The van der Waals surface area contributed by atoms with Crippen LogP contribution < -0.4 is 5.32 Å². The van der Waals surface area contributed by atoms with Crippen molar-refractivity contribution in [3.05, 3.63) is 0 Å². The molecule has 0 aliphatic carbocycles. The number of amides is 1. The fraction of sp³-hybridized carbons (Fsp3) is 0.750. The van der Waals surface area contributed by atoms with Crippen LogP contribution in [0.15, 0.2) is 0 Å². The molecular formula is C12H19NO6. The van der Waals surface area contributed by atoms with E-state index in [1.165, 1.54) is 7.11 Å². The van der Waals surface area contributed by atoms with E-state index in [2.05, 4.69) is 10.1 Å². The molecule has 0 saturated carbocycles. The van der Waals surface area contributed by atoms with Crippen LogP contribution >= 0.6 is 0 Å². The minimum atomic E-state index is -1.16. The van der Waals surface area contributed by atoms with Crippen LogP contribution in [-0.2, 0) is 23.9 Å². The summed E-state index contributed by atoms with van der Waals surface area (Å²) in [6.07, 6.45) is 0.325. The molecule has 1 amide bonds. The Morgan fingerprint density at radius 2 is 2.16 bits per heavy atom. The molecule has 0 radical (unpaired) electrons. The fourth-order valence-corrected chi connectivity index (χ4v) is 1.98. The van der Waals surface area contributed by atoms with Crippen molar-refractivity contribution >= 4 is 17.8 Å². The summed E-state index contributed by atoms with van der Waals surface area (Å²) in [5.41, 5.74) is 0. The maximum Gasteiger partial charge on any atom is 0.326 e. The van der Waals surface area contributed by atoms with Gasteiger partial charge in [0.25, 0.3) is 0 Å². The highest BCUT2D eigenvalue weighted by Gasteiger charge is 2.33. The van der Waals surface area contributed by atoms with Gasteiger partial charge in [0, 0.05) is 13.0 Å². The smallest absolute Gasteiger partial charge is 0.326 e. The van der Waals surface area contributed by atoms with E-state index in [0.717, 1.165) is 0 Å². The van der Waals surface area contributed by atoms with E-state index in [9.17, 15) is 14.4 Å². The number of ether oxygens (including phenoxy) is 2. The first-order valence-electron chi connectivity index (χ1n) is 6.17. The molecule has 1 aliphatic heterocycles. The van der Waals surface area contributed by atoms with E-state index in [-0.39, 0.29) is 30.8 Å². The first-order chi connectivity index (χ1) is 8.95. The second-order valence-corrected chi connectivity index (χ2v) is 4.49. The van der Waals surface area contributed by atoms with Gasteiger partial charge >= 0.3 is 11.9 Å². The number of carboxylic acid groups (broad SMARTS) is 1. The number of nitrogens with one attached hydrogen (secondary N) is 1. The largest absolute Gasteiger partial charge is 0.480 e. The highest BCUT2D eigenvalue weighted by atomic mass is 16.5. The van der Waals surface area contributed by atoms with E-state index in [0.29, 0.717) is 13.0 Å². The third-order valence-electron chi connectivity index (χ3n) is 3.19. The van der Waals surface area contributed by atoms with Crippen LogP contribution in [0.4, 0.5) is 0 Å². The Labute approximate surface area is 111 Å². The summed E-state index contributed by atoms with van der Waals surface area (Å²) in [7, 11) is 1.23. The van der Waals surface area contributed by atoms with Gasteiger partial charge in [-0.2, -0.15) is 0 Å². The Kier molecular flexibility index (Phi) is 5.75. The van der Waals surface area contributed by atoms with Crippen molar-refractivity contribution in [3.63, 3.8) is 0 Å². The molecule has 7 nitrogen and oxygen atoms in total. The lowest BCUT2D eigenvalue weighted by molar-refractivity contribution is -0.144. The molecule has 19 heavy (non-hydrogen) atoms. The summed E-state index contributed by atoms with van der Waals surface area (Å²) < 4.78 is 9.70. The molecule has 7 heteroatoms. The predicted octanol–water partition coefficient (Wildman–Crippen LogP) is -0.0660. The molecule has 1 aliphatic rings. The van der Waals surface area contributed by atoms with Crippen LogP contribution in [0.5, 0.6) is 0 Å². The number of carbonyl (C=O) groups excluding carboxylic acids is 2. The van der Waals surface area contributed by atoms with Crippen LogP contribution in [0, 0.1) is 5.92 Å². The molecule has 108 valence electrons. The number of hydrogen-bond acceptors (Lipinski definition) is 5. The Bertz CT molecular complexity index is 356. The van der Waals surface area contributed by atoms with Crippen molar-refractivity contribution in [1.82, 2.24) is 5.32 Å². The number of methoxy groups -OCH3 is 1. The van der Waals surface area contributed by atoms with Gasteiger partial charge in [0.05, 0.1) is 19.1 Å². The number of rotatable bonds is 6. The van der Waals surface area contributed by atoms with Gasteiger partial charge in [-0.1, -0.05) is 0 Å². The minimum Gasteiger partial charge on any atom is -0.480 e. The van der Waals surface area contributed by atoms with Gasteiger partial charge in [-0.15, -0.1) is 0 Å². The highest BCUT2D eigenvalue weighted by Crippen LogP contribution is 2.20. The average molecular weight is 273 g/mol. The summed E-state index contributed by atoms with van der Waals surface area (Å²) in [5, 5.41) is 11.5. The number of aliphatic carboxylic acids is 1. The van der Waals surface area contributed by atoms with Crippen LogP contribution in [0.25, 0.3) is 0 Å². The Hall–Kier alpha value is -1.63. The van der Waals surface area contributed by atoms with E-state index in [4.69, 9.17) is 9.84 Å². The summed E-state index contributed by atoms with van der Waals surface area (Å²) >= 11 is 0. The predicted molar refractivity (Wildman–Crippen MR) is 64.3 cm³/mol. The molecule has 2 N–H and O–H groups in total. The zero-order valence-corrected chi connectivity index (χ0v) is 11.0. The average Bonchev–Trinajstić information content (AvgIpc) is 2.79. The van der Waals surface area contributed by atoms with Crippen LogP contribution in [0.2, 0.25) is 0 Å².